The van der Waals surface area contributed by atoms with Crippen LogP contribution < -0.4 is 9.64 Å². The third-order valence-corrected chi connectivity index (χ3v) is 8.61. The molecule has 1 atom stereocenters. The van der Waals surface area contributed by atoms with Crippen molar-refractivity contribution in [2.75, 3.05) is 24.5 Å². The van der Waals surface area contributed by atoms with E-state index in [0.717, 1.165) is 11.0 Å². The molecule has 240 valence electrons. The van der Waals surface area contributed by atoms with Crippen LogP contribution in [0.2, 0.25) is 5.02 Å². The van der Waals surface area contributed by atoms with Gasteiger partial charge in [0, 0.05) is 43.0 Å². The lowest BCUT2D eigenvalue weighted by Crippen LogP contribution is -2.55. The van der Waals surface area contributed by atoms with Crippen LogP contribution in [0.1, 0.15) is 12.1 Å². The van der Waals surface area contributed by atoms with E-state index in [4.69, 9.17) is 16.3 Å². The second kappa shape index (κ2) is 12.5. The van der Waals surface area contributed by atoms with Crippen molar-refractivity contribution in [3.8, 4) is 23.3 Å². The van der Waals surface area contributed by atoms with Crippen LogP contribution >= 0.6 is 11.6 Å². The van der Waals surface area contributed by atoms with E-state index in [2.05, 4.69) is 31.5 Å². The van der Waals surface area contributed by atoms with Gasteiger partial charge in [-0.05, 0) is 29.7 Å². The van der Waals surface area contributed by atoms with Gasteiger partial charge in [0.1, 0.15) is 29.5 Å². The largest absolute Gasteiger partial charge is 0.457 e. The van der Waals surface area contributed by atoms with Gasteiger partial charge in [-0.1, -0.05) is 42.4 Å². The summed E-state index contributed by atoms with van der Waals surface area (Å²) in [5.74, 6) is -3.27. The molecule has 1 fully saturated rings. The molecular weight excluding hydrogens is 645 g/mol. The van der Waals surface area contributed by atoms with Crippen molar-refractivity contribution in [3.05, 3.63) is 95.7 Å². The van der Waals surface area contributed by atoms with E-state index < -0.39 is 29.4 Å². The van der Waals surface area contributed by atoms with Gasteiger partial charge in [-0.25, -0.2) is 13.2 Å². The molecule has 6 aromatic rings. The number of amides is 1. The van der Waals surface area contributed by atoms with Gasteiger partial charge in [-0.2, -0.15) is 15.2 Å². The second-order valence-corrected chi connectivity index (χ2v) is 11.5. The number of halogens is 4. The third kappa shape index (κ3) is 5.50. The Morgan fingerprint density at radius 1 is 1.15 bits per heavy atom. The fraction of sp³-hybridized carbons (Fsp3) is 0.176. The Morgan fingerprint density at radius 2 is 2.00 bits per heavy atom. The Bertz CT molecular complexity index is 2270. The Labute approximate surface area is 276 Å². The van der Waals surface area contributed by atoms with Gasteiger partial charge < -0.3 is 19.5 Å². The Balaban J connectivity index is 1.34. The van der Waals surface area contributed by atoms with E-state index in [1.807, 2.05) is 18.2 Å². The number of benzene rings is 2. The first-order valence-electron chi connectivity index (χ1n) is 14.8. The van der Waals surface area contributed by atoms with E-state index in [1.54, 1.807) is 41.4 Å². The zero-order valence-electron chi connectivity index (χ0n) is 25.1. The van der Waals surface area contributed by atoms with Gasteiger partial charge in [-0.3, -0.25) is 14.8 Å². The predicted octanol–water partition coefficient (Wildman–Crippen LogP) is 6.65. The topological polar surface area (TPSA) is 124 Å². The number of H-pyrrole nitrogens is 1. The van der Waals surface area contributed by atoms with Crippen LogP contribution in [0.15, 0.2) is 73.3 Å². The lowest BCUT2D eigenvalue weighted by atomic mass is 10.0. The highest BCUT2D eigenvalue weighted by atomic mass is 35.5. The SMILES string of the molecule is C=C(F)C(=O)N1CCN(c2nc(OCc3cc4ncccc4[nH]3)nc3c(F)c(-c4cccc5ccc(F)c(Cl)c45)ncc23)C[C@@H]1CC#N. The van der Waals surface area contributed by atoms with Crippen LogP contribution in [-0.4, -0.2) is 61.4 Å². The summed E-state index contributed by atoms with van der Waals surface area (Å²) in [5, 5.41) is 10.4. The molecule has 1 N–H and O–H groups in total. The minimum absolute atomic E-state index is 0.00295. The van der Waals surface area contributed by atoms with Crippen LogP contribution in [0.25, 0.3) is 44.0 Å². The van der Waals surface area contributed by atoms with Gasteiger partial charge in [0.25, 0.3) is 5.91 Å². The molecule has 1 aliphatic rings. The van der Waals surface area contributed by atoms with Crippen LogP contribution in [0.5, 0.6) is 6.01 Å². The molecule has 5 heterocycles. The van der Waals surface area contributed by atoms with Crippen LogP contribution in [0.4, 0.5) is 19.0 Å². The average molecular weight is 669 g/mol. The van der Waals surface area contributed by atoms with E-state index in [1.165, 1.54) is 17.2 Å². The first-order valence-corrected chi connectivity index (χ1v) is 15.2. The monoisotopic (exact) mass is 668 g/mol. The number of aromatic nitrogens is 5. The third-order valence-electron chi connectivity index (χ3n) is 8.24. The van der Waals surface area contributed by atoms with Crippen molar-refractivity contribution in [3.63, 3.8) is 0 Å². The van der Waals surface area contributed by atoms with Gasteiger partial charge in [-0.15, -0.1) is 0 Å². The number of carbonyl (C=O) groups is 1. The first-order chi connectivity index (χ1) is 23.2. The number of fused-ring (bicyclic) bond motifs is 3. The molecule has 1 saturated heterocycles. The normalized spacial score (nSPS) is 14.9. The van der Waals surface area contributed by atoms with Crippen molar-refractivity contribution in [2.45, 2.75) is 19.1 Å². The minimum Gasteiger partial charge on any atom is -0.457 e. The Morgan fingerprint density at radius 3 is 2.79 bits per heavy atom. The van der Waals surface area contributed by atoms with Crippen molar-refractivity contribution >= 4 is 56.0 Å². The average Bonchev–Trinajstić information content (AvgIpc) is 3.52. The number of anilines is 1. The molecule has 48 heavy (non-hydrogen) atoms. The molecule has 7 rings (SSSR count). The predicted molar refractivity (Wildman–Crippen MR) is 174 cm³/mol. The van der Waals surface area contributed by atoms with Gasteiger partial charge in [0.05, 0.1) is 45.7 Å². The van der Waals surface area contributed by atoms with Crippen LogP contribution in [-0.2, 0) is 11.4 Å². The number of carbonyl (C=O) groups excluding carboxylic acids is 1. The van der Waals surface area contributed by atoms with Crippen molar-refractivity contribution in [1.29, 1.82) is 5.26 Å². The van der Waals surface area contributed by atoms with Crippen LogP contribution in [0.3, 0.4) is 0 Å². The standard InChI is InChI=1S/C34H24ClF3N8O2/c1-18(36)33(47)46-13-12-45(16-21(46)9-10-39)32-23-15-41-30(22-5-2-4-19-7-8-24(37)28(35)27(19)22)29(38)31(23)43-34(44-32)48-17-20-14-26-25(42-20)6-3-11-40-26/h2-8,11,14-15,21,42H,1,9,12-13,16-17H2/t21-/m0/s1. The quantitative estimate of drug-likeness (QED) is 0.188. The summed E-state index contributed by atoms with van der Waals surface area (Å²) in [6, 6.07) is 14.4. The van der Waals surface area contributed by atoms with E-state index in [9.17, 15) is 18.8 Å². The first kappa shape index (κ1) is 30.9. The number of piperazine rings is 1. The Kier molecular flexibility index (Phi) is 8.02. The molecular formula is C34H24ClF3N8O2. The lowest BCUT2D eigenvalue weighted by Gasteiger charge is -2.41. The second-order valence-electron chi connectivity index (χ2n) is 11.2. The number of hydrogen-bond donors (Lipinski definition) is 1. The molecule has 1 aliphatic heterocycles. The highest BCUT2D eigenvalue weighted by Crippen LogP contribution is 2.38. The Hall–Kier alpha value is -5.74. The molecule has 10 nitrogen and oxygen atoms in total. The van der Waals surface area contributed by atoms with Crippen molar-refractivity contribution < 1.29 is 22.7 Å². The van der Waals surface area contributed by atoms with Gasteiger partial charge in [0.15, 0.2) is 11.6 Å². The number of nitriles is 1. The molecule has 0 saturated carbocycles. The zero-order chi connectivity index (χ0) is 33.5. The molecule has 0 aliphatic carbocycles. The maximum atomic E-state index is 16.7. The highest BCUT2D eigenvalue weighted by molar-refractivity contribution is 6.36. The number of aromatic amines is 1. The van der Waals surface area contributed by atoms with E-state index >= 15 is 4.39 Å². The molecule has 0 spiro atoms. The zero-order valence-corrected chi connectivity index (χ0v) is 25.8. The maximum absolute atomic E-state index is 16.7. The molecule has 0 bridgehead atoms. The molecule has 0 unspecified atom stereocenters. The summed E-state index contributed by atoms with van der Waals surface area (Å²) in [6.07, 6.45) is 2.98. The van der Waals surface area contributed by atoms with E-state index in [-0.39, 0.29) is 77.1 Å². The van der Waals surface area contributed by atoms with Crippen molar-refractivity contribution in [2.24, 2.45) is 0 Å². The smallest absolute Gasteiger partial charge is 0.319 e. The summed E-state index contributed by atoms with van der Waals surface area (Å²) < 4.78 is 51.0. The number of ether oxygens (including phenoxy) is 1. The summed E-state index contributed by atoms with van der Waals surface area (Å²) in [7, 11) is 0. The molecule has 0 radical (unpaired) electrons. The van der Waals surface area contributed by atoms with Gasteiger partial charge in [0.2, 0.25) is 0 Å². The van der Waals surface area contributed by atoms with Gasteiger partial charge >= 0.3 is 6.01 Å². The number of pyridine rings is 2. The summed E-state index contributed by atoms with van der Waals surface area (Å²) >= 11 is 6.36. The van der Waals surface area contributed by atoms with E-state index in [0.29, 0.717) is 11.1 Å². The number of rotatable bonds is 7. The van der Waals surface area contributed by atoms with Crippen LogP contribution in [0, 0.1) is 23.0 Å². The minimum atomic E-state index is -1.13. The fourth-order valence-electron chi connectivity index (χ4n) is 6.01. The van der Waals surface area contributed by atoms with Crippen molar-refractivity contribution in [1.82, 2.24) is 29.8 Å². The molecule has 2 aromatic carbocycles. The fourth-order valence-corrected chi connectivity index (χ4v) is 6.28. The summed E-state index contributed by atoms with van der Waals surface area (Å²) in [4.78, 5) is 36.5. The highest BCUT2D eigenvalue weighted by Gasteiger charge is 2.34. The number of nitrogens with zero attached hydrogens (tertiary/aromatic N) is 7. The lowest BCUT2D eigenvalue weighted by molar-refractivity contribution is -0.131. The summed E-state index contributed by atoms with van der Waals surface area (Å²) in [5.41, 5.74) is 2.22. The number of nitrogens with one attached hydrogen (secondary N) is 1. The molecule has 1 amide bonds. The number of hydrogen-bond acceptors (Lipinski definition) is 8. The summed E-state index contributed by atoms with van der Waals surface area (Å²) in [6.45, 7) is 3.40. The molecule has 14 heteroatoms. The maximum Gasteiger partial charge on any atom is 0.319 e. The molecule has 4 aromatic heterocycles.